The van der Waals surface area contributed by atoms with Crippen molar-refractivity contribution >= 4 is 22.7 Å². The van der Waals surface area contributed by atoms with Crippen molar-refractivity contribution in [3.63, 3.8) is 0 Å². The van der Waals surface area contributed by atoms with Crippen LogP contribution in [0.2, 0.25) is 0 Å². The zero-order chi connectivity index (χ0) is 21.8. The van der Waals surface area contributed by atoms with Gasteiger partial charge in [-0.25, -0.2) is 4.98 Å². The summed E-state index contributed by atoms with van der Waals surface area (Å²) < 4.78 is 11.4. The average molecular weight is 415 g/mol. The van der Waals surface area contributed by atoms with Crippen molar-refractivity contribution < 1.29 is 13.9 Å². The van der Waals surface area contributed by atoms with Crippen LogP contribution in [0.1, 0.15) is 42.3 Å². The molecule has 4 rings (SSSR count). The molecule has 1 aromatic heterocycles. The third kappa shape index (κ3) is 5.31. The first-order chi connectivity index (χ1) is 15.0. The van der Waals surface area contributed by atoms with Crippen LogP contribution in [0.3, 0.4) is 0 Å². The Morgan fingerprint density at radius 3 is 2.48 bits per heavy atom. The maximum Gasteiger partial charge on any atom is 0.262 e. The van der Waals surface area contributed by atoms with E-state index in [2.05, 4.69) is 36.3 Å². The van der Waals surface area contributed by atoms with E-state index in [4.69, 9.17) is 9.15 Å². The van der Waals surface area contributed by atoms with Gasteiger partial charge in [0.1, 0.15) is 11.3 Å². The van der Waals surface area contributed by atoms with Crippen molar-refractivity contribution in [3.8, 4) is 5.75 Å². The number of hydrogen-bond donors (Lipinski definition) is 1. The van der Waals surface area contributed by atoms with E-state index >= 15 is 0 Å². The van der Waals surface area contributed by atoms with Gasteiger partial charge in [0, 0.05) is 12.1 Å². The van der Waals surface area contributed by atoms with Crippen LogP contribution in [0.5, 0.6) is 5.75 Å². The molecular formula is C26H26N2O3. The van der Waals surface area contributed by atoms with Crippen molar-refractivity contribution in [1.82, 2.24) is 4.98 Å². The molecule has 0 atom stereocenters. The Kier molecular flexibility index (Phi) is 6.03. The average Bonchev–Trinajstić information content (AvgIpc) is 3.16. The number of carbonyl (C=O) groups is 1. The van der Waals surface area contributed by atoms with E-state index in [1.54, 1.807) is 0 Å². The summed E-state index contributed by atoms with van der Waals surface area (Å²) >= 11 is 0. The molecule has 0 spiro atoms. The second-order valence-corrected chi connectivity index (χ2v) is 8.01. The highest BCUT2D eigenvalue weighted by atomic mass is 16.5. The quantitative estimate of drug-likeness (QED) is 0.411. The molecule has 1 heterocycles. The highest BCUT2D eigenvalue weighted by Crippen LogP contribution is 2.23. The summed E-state index contributed by atoms with van der Waals surface area (Å²) in [6, 6.07) is 21.4. The van der Waals surface area contributed by atoms with Crippen LogP contribution in [0.25, 0.3) is 11.1 Å². The number of fused-ring (bicyclic) bond motifs is 1. The first-order valence-electron chi connectivity index (χ1n) is 10.4. The molecule has 5 heteroatoms. The third-order valence-electron chi connectivity index (χ3n) is 5.11. The van der Waals surface area contributed by atoms with E-state index in [1.165, 1.54) is 5.56 Å². The summed E-state index contributed by atoms with van der Waals surface area (Å²) in [6.45, 7) is 6.30. The van der Waals surface area contributed by atoms with Crippen LogP contribution in [0.15, 0.2) is 71.1 Å². The summed E-state index contributed by atoms with van der Waals surface area (Å²) in [5.74, 6) is 1.61. The Balaban J connectivity index is 1.34. The lowest BCUT2D eigenvalue weighted by molar-refractivity contribution is -0.118. The molecule has 3 aromatic carbocycles. The first kappa shape index (κ1) is 20.7. The number of rotatable bonds is 7. The van der Waals surface area contributed by atoms with Gasteiger partial charge in [-0.15, -0.1) is 0 Å². The number of ether oxygens (including phenoxy) is 1. The molecule has 4 aromatic rings. The van der Waals surface area contributed by atoms with Gasteiger partial charge < -0.3 is 14.5 Å². The Morgan fingerprint density at radius 1 is 1.03 bits per heavy atom. The topological polar surface area (TPSA) is 64.4 Å². The SMILES string of the molecule is Cc1ccc(OCC(=O)Nc2ccc(Cc3nc4cc(C(C)C)ccc4o3)cc2)cc1. The Morgan fingerprint density at radius 2 is 1.77 bits per heavy atom. The van der Waals surface area contributed by atoms with Crippen molar-refractivity contribution in [3.05, 3.63) is 89.3 Å². The van der Waals surface area contributed by atoms with Gasteiger partial charge in [-0.3, -0.25) is 4.79 Å². The number of aromatic nitrogens is 1. The zero-order valence-electron chi connectivity index (χ0n) is 18.0. The molecule has 0 aliphatic heterocycles. The van der Waals surface area contributed by atoms with Crippen molar-refractivity contribution in [1.29, 1.82) is 0 Å². The van der Waals surface area contributed by atoms with Crippen LogP contribution < -0.4 is 10.1 Å². The molecule has 0 aliphatic carbocycles. The lowest BCUT2D eigenvalue weighted by Gasteiger charge is -2.08. The fourth-order valence-corrected chi connectivity index (χ4v) is 3.29. The second-order valence-electron chi connectivity index (χ2n) is 8.01. The van der Waals surface area contributed by atoms with E-state index in [9.17, 15) is 4.79 Å². The largest absolute Gasteiger partial charge is 0.484 e. The van der Waals surface area contributed by atoms with E-state index in [0.717, 1.165) is 27.9 Å². The third-order valence-corrected chi connectivity index (χ3v) is 5.11. The van der Waals surface area contributed by atoms with Gasteiger partial charge in [-0.1, -0.05) is 49.7 Å². The van der Waals surface area contributed by atoms with Crippen LogP contribution >= 0.6 is 0 Å². The van der Waals surface area contributed by atoms with E-state index in [1.807, 2.05) is 61.5 Å². The lowest BCUT2D eigenvalue weighted by atomic mass is 10.0. The molecule has 158 valence electrons. The van der Waals surface area contributed by atoms with Crippen LogP contribution in [-0.2, 0) is 11.2 Å². The van der Waals surface area contributed by atoms with Crippen LogP contribution in [0.4, 0.5) is 5.69 Å². The highest BCUT2D eigenvalue weighted by molar-refractivity contribution is 5.91. The lowest BCUT2D eigenvalue weighted by Crippen LogP contribution is -2.20. The van der Waals surface area contributed by atoms with Crippen LogP contribution in [-0.4, -0.2) is 17.5 Å². The summed E-state index contributed by atoms with van der Waals surface area (Å²) in [5.41, 5.74) is 5.87. The van der Waals surface area contributed by atoms with Gasteiger partial charge in [-0.2, -0.15) is 0 Å². The minimum atomic E-state index is -0.201. The van der Waals surface area contributed by atoms with Crippen molar-refractivity contribution in [2.75, 3.05) is 11.9 Å². The summed E-state index contributed by atoms with van der Waals surface area (Å²) in [5, 5.41) is 2.85. The van der Waals surface area contributed by atoms with Gasteiger partial charge in [0.25, 0.3) is 5.91 Å². The fourth-order valence-electron chi connectivity index (χ4n) is 3.29. The predicted octanol–water partition coefficient (Wildman–Crippen LogP) is 5.87. The van der Waals surface area contributed by atoms with Crippen LogP contribution in [0, 0.1) is 6.92 Å². The monoisotopic (exact) mass is 414 g/mol. The highest BCUT2D eigenvalue weighted by Gasteiger charge is 2.10. The smallest absolute Gasteiger partial charge is 0.262 e. The molecule has 0 unspecified atom stereocenters. The van der Waals surface area contributed by atoms with E-state index in [0.29, 0.717) is 24.0 Å². The Labute approximate surface area is 182 Å². The van der Waals surface area contributed by atoms with Crippen molar-refractivity contribution in [2.45, 2.75) is 33.1 Å². The number of anilines is 1. The number of hydrogen-bond acceptors (Lipinski definition) is 4. The van der Waals surface area contributed by atoms with Gasteiger partial charge in [0.2, 0.25) is 0 Å². The molecular weight excluding hydrogens is 388 g/mol. The number of amides is 1. The normalized spacial score (nSPS) is 11.1. The molecule has 0 saturated carbocycles. The zero-order valence-corrected chi connectivity index (χ0v) is 18.0. The minimum Gasteiger partial charge on any atom is -0.484 e. The van der Waals surface area contributed by atoms with Gasteiger partial charge in [0.15, 0.2) is 18.1 Å². The standard InChI is InChI=1S/C26H26N2O3/c1-17(2)20-8-13-24-23(15-20)28-26(31-24)14-19-6-9-21(10-7-19)27-25(29)16-30-22-11-4-18(3)5-12-22/h4-13,15,17H,14,16H2,1-3H3,(H,27,29). The molecule has 0 bridgehead atoms. The van der Waals surface area contributed by atoms with E-state index in [-0.39, 0.29) is 12.5 Å². The molecule has 0 fully saturated rings. The second kappa shape index (κ2) is 9.04. The van der Waals surface area contributed by atoms with Crippen molar-refractivity contribution in [2.24, 2.45) is 0 Å². The number of aryl methyl sites for hydroxylation is 1. The predicted molar refractivity (Wildman–Crippen MR) is 123 cm³/mol. The minimum absolute atomic E-state index is 0.0356. The molecule has 0 saturated heterocycles. The van der Waals surface area contributed by atoms with Gasteiger partial charge >= 0.3 is 0 Å². The number of nitrogens with one attached hydrogen (secondary N) is 1. The molecule has 0 aliphatic rings. The van der Waals surface area contributed by atoms with E-state index < -0.39 is 0 Å². The molecule has 31 heavy (non-hydrogen) atoms. The summed E-state index contributed by atoms with van der Waals surface area (Å²) in [4.78, 5) is 16.8. The number of carbonyl (C=O) groups excluding carboxylic acids is 1. The molecule has 1 amide bonds. The Hall–Kier alpha value is -3.60. The summed E-state index contributed by atoms with van der Waals surface area (Å²) in [6.07, 6.45) is 0.594. The summed E-state index contributed by atoms with van der Waals surface area (Å²) in [7, 11) is 0. The fraction of sp³-hybridized carbons (Fsp3) is 0.231. The Bertz CT molecular complexity index is 1180. The van der Waals surface area contributed by atoms with Gasteiger partial charge in [0.05, 0.1) is 0 Å². The molecule has 5 nitrogen and oxygen atoms in total. The number of nitrogens with zero attached hydrogens (tertiary/aromatic N) is 1. The first-order valence-corrected chi connectivity index (χ1v) is 10.4. The molecule has 0 radical (unpaired) electrons. The maximum absolute atomic E-state index is 12.1. The number of benzene rings is 3. The maximum atomic E-state index is 12.1. The number of oxazole rings is 1. The molecule has 1 N–H and O–H groups in total. The van der Waals surface area contributed by atoms with Gasteiger partial charge in [-0.05, 0) is 60.4 Å².